The number of benzene rings is 1. The highest BCUT2D eigenvalue weighted by molar-refractivity contribution is 7.99. The van der Waals surface area contributed by atoms with Gasteiger partial charge in [-0.05, 0) is 37.2 Å². The molecule has 0 saturated carbocycles. The van der Waals surface area contributed by atoms with Crippen LogP contribution in [0, 0.1) is 0 Å². The zero-order chi connectivity index (χ0) is 14.2. The molecule has 1 atom stereocenters. The summed E-state index contributed by atoms with van der Waals surface area (Å²) in [5, 5.41) is 4.29. The topological polar surface area (TPSA) is 37.8 Å². The van der Waals surface area contributed by atoms with E-state index in [4.69, 9.17) is 11.6 Å². The monoisotopic (exact) mass is 307 g/mol. The van der Waals surface area contributed by atoms with Gasteiger partial charge in [0.25, 0.3) is 0 Å². The summed E-state index contributed by atoms with van der Waals surface area (Å²) in [6, 6.07) is 8.13. The number of halogens is 1. The van der Waals surface area contributed by atoms with Gasteiger partial charge >= 0.3 is 0 Å². The van der Waals surface area contributed by atoms with Crippen LogP contribution in [0.1, 0.15) is 25.1 Å². The van der Waals surface area contributed by atoms with E-state index in [9.17, 15) is 0 Å². The molecule has 2 rings (SSSR count). The maximum Gasteiger partial charge on any atom is 0.0764 e. The maximum absolute atomic E-state index is 5.90. The largest absolute Gasteiger partial charge is 0.308 e. The SMILES string of the molecule is CCCNC(CSc1ccc(Cl)cc1)c1cnccn1. The third-order valence-corrected chi connectivity index (χ3v) is 4.17. The van der Waals surface area contributed by atoms with Crippen LogP contribution in [0.25, 0.3) is 0 Å². The molecule has 0 saturated heterocycles. The number of hydrogen-bond acceptors (Lipinski definition) is 4. The first-order chi connectivity index (χ1) is 9.79. The van der Waals surface area contributed by atoms with Crippen LogP contribution in [0.4, 0.5) is 0 Å². The second-order valence-electron chi connectivity index (χ2n) is 4.40. The molecular weight excluding hydrogens is 290 g/mol. The van der Waals surface area contributed by atoms with Gasteiger partial charge in [-0.3, -0.25) is 9.97 Å². The van der Waals surface area contributed by atoms with Crippen molar-refractivity contribution in [1.29, 1.82) is 0 Å². The molecule has 0 bridgehead atoms. The first-order valence-electron chi connectivity index (χ1n) is 6.67. The van der Waals surface area contributed by atoms with Gasteiger partial charge in [0.15, 0.2) is 0 Å². The summed E-state index contributed by atoms with van der Waals surface area (Å²) in [4.78, 5) is 9.76. The zero-order valence-corrected chi connectivity index (χ0v) is 13.0. The van der Waals surface area contributed by atoms with Crippen LogP contribution in [0.2, 0.25) is 5.02 Å². The summed E-state index contributed by atoms with van der Waals surface area (Å²) in [5.41, 5.74) is 0.988. The average molecular weight is 308 g/mol. The molecule has 1 heterocycles. The van der Waals surface area contributed by atoms with Gasteiger partial charge in [0.05, 0.1) is 11.7 Å². The quantitative estimate of drug-likeness (QED) is 0.786. The summed E-state index contributed by atoms with van der Waals surface area (Å²) >= 11 is 7.69. The van der Waals surface area contributed by atoms with Crippen molar-refractivity contribution in [3.8, 4) is 0 Å². The number of rotatable bonds is 7. The highest BCUT2D eigenvalue weighted by atomic mass is 35.5. The minimum Gasteiger partial charge on any atom is -0.308 e. The van der Waals surface area contributed by atoms with Crippen LogP contribution in [0.5, 0.6) is 0 Å². The van der Waals surface area contributed by atoms with Crippen molar-refractivity contribution < 1.29 is 0 Å². The predicted molar refractivity (Wildman–Crippen MR) is 85.2 cm³/mol. The van der Waals surface area contributed by atoms with E-state index in [1.54, 1.807) is 24.2 Å². The molecule has 1 aromatic heterocycles. The fraction of sp³-hybridized carbons (Fsp3) is 0.333. The third-order valence-electron chi connectivity index (χ3n) is 2.81. The number of nitrogens with one attached hydrogen (secondary N) is 1. The van der Waals surface area contributed by atoms with E-state index in [1.807, 2.05) is 30.5 Å². The standard InChI is InChI=1S/C15H18ClN3S/c1-2-7-18-15(14-10-17-8-9-19-14)11-20-13-5-3-12(16)4-6-13/h3-6,8-10,15,18H,2,7,11H2,1H3. The Morgan fingerprint density at radius 3 is 2.70 bits per heavy atom. The lowest BCUT2D eigenvalue weighted by atomic mass is 10.2. The van der Waals surface area contributed by atoms with Gasteiger partial charge in [-0.1, -0.05) is 18.5 Å². The normalized spacial score (nSPS) is 12.3. The lowest BCUT2D eigenvalue weighted by Crippen LogP contribution is -2.25. The zero-order valence-electron chi connectivity index (χ0n) is 11.4. The second kappa shape index (κ2) is 8.25. The molecule has 3 nitrogen and oxygen atoms in total. The van der Waals surface area contributed by atoms with Gasteiger partial charge in [-0.25, -0.2) is 0 Å². The first kappa shape index (κ1) is 15.3. The van der Waals surface area contributed by atoms with Crippen LogP contribution in [-0.4, -0.2) is 22.3 Å². The molecule has 1 unspecified atom stereocenters. The van der Waals surface area contributed by atoms with Gasteiger partial charge in [0.2, 0.25) is 0 Å². The Morgan fingerprint density at radius 2 is 2.05 bits per heavy atom. The number of aromatic nitrogens is 2. The Bertz CT molecular complexity index is 504. The van der Waals surface area contributed by atoms with E-state index in [0.29, 0.717) is 0 Å². The summed E-state index contributed by atoms with van der Waals surface area (Å²) in [6.07, 6.45) is 6.37. The minimum atomic E-state index is 0.212. The highest BCUT2D eigenvalue weighted by Gasteiger charge is 2.12. The van der Waals surface area contributed by atoms with E-state index in [-0.39, 0.29) is 6.04 Å². The van der Waals surface area contributed by atoms with Crippen molar-refractivity contribution in [2.75, 3.05) is 12.3 Å². The molecule has 0 aliphatic carbocycles. The van der Waals surface area contributed by atoms with Crippen molar-refractivity contribution in [2.45, 2.75) is 24.3 Å². The second-order valence-corrected chi connectivity index (χ2v) is 5.93. The maximum atomic E-state index is 5.90. The minimum absolute atomic E-state index is 0.212. The van der Waals surface area contributed by atoms with E-state index in [0.717, 1.165) is 29.4 Å². The molecule has 2 aromatic rings. The Morgan fingerprint density at radius 1 is 1.25 bits per heavy atom. The number of nitrogens with zero attached hydrogens (tertiary/aromatic N) is 2. The van der Waals surface area contributed by atoms with Gasteiger partial charge in [0.1, 0.15) is 0 Å². The fourth-order valence-corrected chi connectivity index (χ4v) is 2.87. The highest BCUT2D eigenvalue weighted by Crippen LogP contribution is 2.25. The Labute approximate surface area is 129 Å². The molecular formula is C15H18ClN3S. The van der Waals surface area contributed by atoms with Crippen molar-refractivity contribution in [2.24, 2.45) is 0 Å². The third kappa shape index (κ3) is 4.78. The lowest BCUT2D eigenvalue weighted by molar-refractivity contribution is 0.563. The number of thioether (sulfide) groups is 1. The molecule has 1 N–H and O–H groups in total. The molecule has 106 valence electrons. The Hall–Kier alpha value is -1.10. The molecule has 0 aliphatic rings. The van der Waals surface area contributed by atoms with Crippen LogP contribution in [0.15, 0.2) is 47.8 Å². The van der Waals surface area contributed by atoms with E-state index in [1.165, 1.54) is 4.90 Å². The molecule has 1 aromatic carbocycles. The average Bonchev–Trinajstić information content (AvgIpc) is 2.50. The molecule has 0 spiro atoms. The van der Waals surface area contributed by atoms with Crippen molar-refractivity contribution in [1.82, 2.24) is 15.3 Å². The summed E-state index contributed by atoms with van der Waals surface area (Å²) in [6.45, 7) is 3.13. The van der Waals surface area contributed by atoms with Crippen molar-refractivity contribution in [3.05, 3.63) is 53.6 Å². The van der Waals surface area contributed by atoms with Gasteiger partial charge in [-0.15, -0.1) is 11.8 Å². The first-order valence-corrected chi connectivity index (χ1v) is 8.03. The van der Waals surface area contributed by atoms with Crippen LogP contribution >= 0.6 is 23.4 Å². The van der Waals surface area contributed by atoms with E-state index >= 15 is 0 Å². The van der Waals surface area contributed by atoms with E-state index in [2.05, 4.69) is 22.2 Å². The van der Waals surface area contributed by atoms with Crippen molar-refractivity contribution >= 4 is 23.4 Å². The molecule has 5 heteroatoms. The molecule has 20 heavy (non-hydrogen) atoms. The van der Waals surface area contributed by atoms with E-state index < -0.39 is 0 Å². The van der Waals surface area contributed by atoms with Gasteiger partial charge < -0.3 is 5.32 Å². The molecule has 0 radical (unpaired) electrons. The summed E-state index contributed by atoms with van der Waals surface area (Å²) in [7, 11) is 0. The lowest BCUT2D eigenvalue weighted by Gasteiger charge is -2.17. The Balaban J connectivity index is 1.99. The number of hydrogen-bond donors (Lipinski definition) is 1. The van der Waals surface area contributed by atoms with Gasteiger partial charge in [0, 0.05) is 34.3 Å². The molecule has 0 fully saturated rings. The smallest absolute Gasteiger partial charge is 0.0764 e. The molecule has 0 aliphatic heterocycles. The van der Waals surface area contributed by atoms with Crippen LogP contribution < -0.4 is 5.32 Å². The predicted octanol–water partition coefficient (Wildman–Crippen LogP) is 3.96. The van der Waals surface area contributed by atoms with Crippen molar-refractivity contribution in [3.63, 3.8) is 0 Å². The molecule has 0 amide bonds. The summed E-state index contributed by atoms with van der Waals surface area (Å²) < 4.78 is 0. The fourth-order valence-electron chi connectivity index (χ4n) is 1.77. The summed E-state index contributed by atoms with van der Waals surface area (Å²) in [5.74, 6) is 0.917. The Kier molecular flexibility index (Phi) is 6.30. The van der Waals surface area contributed by atoms with Crippen LogP contribution in [-0.2, 0) is 0 Å². The van der Waals surface area contributed by atoms with Crippen LogP contribution in [0.3, 0.4) is 0 Å². The van der Waals surface area contributed by atoms with Gasteiger partial charge in [-0.2, -0.15) is 0 Å².